The van der Waals surface area contributed by atoms with Gasteiger partial charge in [-0.05, 0) is 6.42 Å². The van der Waals surface area contributed by atoms with Crippen LogP contribution in [0.25, 0.3) is 0 Å². The zero-order valence-corrected chi connectivity index (χ0v) is 6.59. The van der Waals surface area contributed by atoms with Crippen LogP contribution in [0.1, 0.15) is 6.42 Å². The number of carboxylic acid groups (broad SMARTS) is 1. The van der Waals surface area contributed by atoms with E-state index in [1.165, 1.54) is 7.11 Å². The van der Waals surface area contributed by atoms with Crippen LogP contribution in [0.5, 0.6) is 0 Å². The number of carbonyl (C=O) groups is 2. The average molecular weight is 179 g/mol. The van der Waals surface area contributed by atoms with Crippen molar-refractivity contribution in [2.75, 3.05) is 7.11 Å². The summed E-state index contributed by atoms with van der Waals surface area (Å²) in [7, 11) is 1.18. The molecule has 0 radical (unpaired) electrons. The molecule has 62 valence electrons. The summed E-state index contributed by atoms with van der Waals surface area (Å²) >= 11 is 5.60. The van der Waals surface area contributed by atoms with Crippen molar-refractivity contribution in [1.82, 2.24) is 0 Å². The molecule has 0 unspecified atom stereocenters. The quantitative estimate of drug-likeness (QED) is 0.486. The van der Waals surface area contributed by atoms with E-state index in [-0.39, 0.29) is 6.42 Å². The van der Waals surface area contributed by atoms with Gasteiger partial charge in [0.1, 0.15) is 0 Å². The number of hydrogen-bond acceptors (Lipinski definition) is 3. The van der Waals surface area contributed by atoms with Crippen LogP contribution >= 0.6 is 11.6 Å². The third-order valence-corrected chi connectivity index (χ3v) is 2.29. The second-order valence-corrected chi connectivity index (χ2v) is 3.12. The minimum atomic E-state index is -1.29. The minimum absolute atomic E-state index is 0.163. The molecule has 0 saturated heterocycles. The van der Waals surface area contributed by atoms with Crippen LogP contribution < -0.4 is 0 Å². The van der Waals surface area contributed by atoms with Gasteiger partial charge in [0.2, 0.25) is 0 Å². The van der Waals surface area contributed by atoms with Crippen LogP contribution in [0.2, 0.25) is 0 Å². The Kier molecular flexibility index (Phi) is 1.80. The number of aliphatic carboxylic acids is 1. The summed E-state index contributed by atoms with van der Waals surface area (Å²) in [5, 5.41) is 8.44. The highest BCUT2D eigenvalue weighted by atomic mass is 35.5. The zero-order chi connectivity index (χ0) is 8.65. The van der Waals surface area contributed by atoms with E-state index < -0.39 is 22.7 Å². The molecule has 0 heterocycles. The first-order valence-electron chi connectivity index (χ1n) is 3.02. The minimum Gasteiger partial charge on any atom is -0.481 e. The molecular weight excluding hydrogens is 172 g/mol. The van der Waals surface area contributed by atoms with Gasteiger partial charge in [-0.25, -0.2) is 0 Å². The molecule has 0 aromatic carbocycles. The van der Waals surface area contributed by atoms with E-state index in [1.807, 2.05) is 0 Å². The number of carboxylic acids is 1. The first-order chi connectivity index (χ1) is 5.02. The Labute approximate surface area is 68.1 Å². The Morgan fingerprint density at radius 1 is 1.73 bits per heavy atom. The van der Waals surface area contributed by atoms with Crippen LogP contribution in [0.3, 0.4) is 0 Å². The number of rotatable bonds is 2. The molecule has 0 bridgehead atoms. The third kappa shape index (κ3) is 1.18. The standard InChI is InChI=1S/C6H7ClO4/c1-11-5(10)6(7)2-3(6)4(8)9/h3H,2H2,1H3,(H,8,9)/t3-,6-/m1/s1. The number of alkyl halides is 1. The van der Waals surface area contributed by atoms with E-state index in [9.17, 15) is 9.59 Å². The van der Waals surface area contributed by atoms with E-state index in [0.717, 1.165) is 0 Å². The lowest BCUT2D eigenvalue weighted by atomic mass is 10.3. The Hall–Kier alpha value is -0.770. The molecule has 1 aliphatic rings. The molecule has 0 aromatic rings. The van der Waals surface area contributed by atoms with Crippen molar-refractivity contribution < 1.29 is 19.4 Å². The van der Waals surface area contributed by atoms with Gasteiger partial charge in [-0.1, -0.05) is 0 Å². The van der Waals surface area contributed by atoms with Crippen LogP contribution in [-0.2, 0) is 14.3 Å². The number of carbonyl (C=O) groups excluding carboxylic acids is 1. The van der Waals surface area contributed by atoms with Crippen molar-refractivity contribution in [1.29, 1.82) is 0 Å². The number of methoxy groups -OCH3 is 1. The molecule has 1 saturated carbocycles. The van der Waals surface area contributed by atoms with E-state index in [4.69, 9.17) is 16.7 Å². The van der Waals surface area contributed by atoms with Crippen molar-refractivity contribution in [2.24, 2.45) is 5.92 Å². The highest BCUT2D eigenvalue weighted by Gasteiger charge is 2.64. The molecule has 0 aromatic heterocycles. The van der Waals surface area contributed by atoms with E-state index in [2.05, 4.69) is 4.74 Å². The van der Waals surface area contributed by atoms with Gasteiger partial charge < -0.3 is 9.84 Å². The molecule has 4 nitrogen and oxygen atoms in total. The number of esters is 1. The van der Waals surface area contributed by atoms with Gasteiger partial charge in [-0.15, -0.1) is 11.6 Å². The van der Waals surface area contributed by atoms with Gasteiger partial charge >= 0.3 is 11.9 Å². The maximum Gasteiger partial charge on any atom is 0.327 e. The topological polar surface area (TPSA) is 63.6 Å². The molecule has 1 rings (SSSR count). The normalized spacial score (nSPS) is 34.5. The Morgan fingerprint density at radius 3 is 2.55 bits per heavy atom. The molecule has 2 atom stereocenters. The summed E-state index contributed by atoms with van der Waals surface area (Å²) in [5.41, 5.74) is 0. The lowest BCUT2D eigenvalue weighted by Crippen LogP contribution is -2.22. The SMILES string of the molecule is COC(=O)[C@@]1(Cl)C[C@@H]1C(=O)O. The van der Waals surface area contributed by atoms with Crippen molar-refractivity contribution >= 4 is 23.5 Å². The molecule has 11 heavy (non-hydrogen) atoms. The van der Waals surface area contributed by atoms with Crippen molar-refractivity contribution in [2.45, 2.75) is 11.3 Å². The first-order valence-corrected chi connectivity index (χ1v) is 3.40. The fourth-order valence-corrected chi connectivity index (χ4v) is 1.24. The lowest BCUT2D eigenvalue weighted by molar-refractivity contribution is -0.145. The van der Waals surface area contributed by atoms with Gasteiger partial charge in [0.15, 0.2) is 4.87 Å². The van der Waals surface area contributed by atoms with Crippen molar-refractivity contribution in [3.05, 3.63) is 0 Å². The van der Waals surface area contributed by atoms with Crippen LogP contribution in [0.4, 0.5) is 0 Å². The summed E-state index contributed by atoms with van der Waals surface area (Å²) in [5.74, 6) is -2.49. The summed E-state index contributed by atoms with van der Waals surface area (Å²) in [6, 6.07) is 0. The van der Waals surface area contributed by atoms with Gasteiger partial charge in [0, 0.05) is 0 Å². The summed E-state index contributed by atoms with van der Waals surface area (Å²) in [6.07, 6.45) is 0.163. The zero-order valence-electron chi connectivity index (χ0n) is 5.83. The molecule has 0 aliphatic heterocycles. The van der Waals surface area contributed by atoms with E-state index in [0.29, 0.717) is 0 Å². The molecule has 0 spiro atoms. The van der Waals surface area contributed by atoms with Crippen LogP contribution in [0, 0.1) is 5.92 Å². The molecule has 1 aliphatic carbocycles. The fourth-order valence-electron chi connectivity index (χ4n) is 0.916. The average Bonchev–Trinajstić information content (AvgIpc) is 2.62. The van der Waals surface area contributed by atoms with Crippen LogP contribution in [-0.4, -0.2) is 29.0 Å². The number of halogens is 1. The fraction of sp³-hybridized carbons (Fsp3) is 0.667. The van der Waals surface area contributed by atoms with Gasteiger partial charge in [-0.2, -0.15) is 0 Å². The predicted octanol–water partition coefficient (Wildman–Crippen LogP) is 0.241. The third-order valence-electron chi connectivity index (χ3n) is 1.72. The van der Waals surface area contributed by atoms with Crippen LogP contribution in [0.15, 0.2) is 0 Å². The molecule has 5 heteroatoms. The Balaban J connectivity index is 2.62. The maximum absolute atomic E-state index is 10.8. The lowest BCUT2D eigenvalue weighted by Gasteiger charge is -2.02. The number of ether oxygens (including phenoxy) is 1. The second-order valence-electron chi connectivity index (χ2n) is 2.45. The summed E-state index contributed by atoms with van der Waals surface area (Å²) < 4.78 is 4.32. The molecule has 1 N–H and O–H groups in total. The first kappa shape index (κ1) is 8.33. The number of hydrogen-bond donors (Lipinski definition) is 1. The second kappa shape index (κ2) is 2.37. The highest BCUT2D eigenvalue weighted by Crippen LogP contribution is 2.50. The Bertz CT molecular complexity index is 215. The maximum atomic E-state index is 10.8. The Morgan fingerprint density at radius 2 is 2.27 bits per heavy atom. The molecule has 1 fully saturated rings. The smallest absolute Gasteiger partial charge is 0.327 e. The summed E-state index contributed by atoms with van der Waals surface area (Å²) in [6.45, 7) is 0. The predicted molar refractivity (Wildman–Crippen MR) is 36.3 cm³/mol. The highest BCUT2D eigenvalue weighted by molar-refractivity contribution is 6.38. The van der Waals surface area contributed by atoms with Gasteiger partial charge in [-0.3, -0.25) is 9.59 Å². The van der Waals surface area contributed by atoms with E-state index in [1.54, 1.807) is 0 Å². The van der Waals surface area contributed by atoms with Crippen molar-refractivity contribution in [3.8, 4) is 0 Å². The molecular formula is C6H7ClO4. The molecule has 0 amide bonds. The largest absolute Gasteiger partial charge is 0.481 e. The summed E-state index contributed by atoms with van der Waals surface area (Å²) in [4.78, 5) is 19.8. The van der Waals surface area contributed by atoms with Crippen molar-refractivity contribution in [3.63, 3.8) is 0 Å². The monoisotopic (exact) mass is 178 g/mol. The van der Waals surface area contributed by atoms with Gasteiger partial charge in [0.25, 0.3) is 0 Å². The van der Waals surface area contributed by atoms with Gasteiger partial charge in [0.05, 0.1) is 13.0 Å². The van der Waals surface area contributed by atoms with E-state index >= 15 is 0 Å².